The summed E-state index contributed by atoms with van der Waals surface area (Å²) in [6.07, 6.45) is 0. The highest BCUT2D eigenvalue weighted by Crippen LogP contribution is 2.30. The number of fused-ring (bicyclic) bond motifs is 1. The molecule has 146 valence electrons. The Balaban J connectivity index is 1.36. The quantitative estimate of drug-likeness (QED) is 0.505. The molecule has 0 fully saturated rings. The number of hydrogen-bond acceptors (Lipinski definition) is 6. The third kappa shape index (κ3) is 4.27. The van der Waals surface area contributed by atoms with E-state index in [-0.39, 0.29) is 18.4 Å². The molecule has 8 heteroatoms. The van der Waals surface area contributed by atoms with Gasteiger partial charge in [0.2, 0.25) is 5.91 Å². The summed E-state index contributed by atoms with van der Waals surface area (Å²) in [6, 6.07) is 16.3. The van der Waals surface area contributed by atoms with Gasteiger partial charge in [-0.25, -0.2) is 4.98 Å². The van der Waals surface area contributed by atoms with E-state index >= 15 is 0 Å². The molecule has 0 bridgehead atoms. The second-order valence-corrected chi connectivity index (χ2v) is 7.01. The van der Waals surface area contributed by atoms with E-state index in [0.29, 0.717) is 27.9 Å². The van der Waals surface area contributed by atoms with Gasteiger partial charge < -0.3 is 19.8 Å². The lowest BCUT2D eigenvalue weighted by Crippen LogP contribution is -2.32. The number of carbonyl (C=O) groups is 2. The van der Waals surface area contributed by atoms with E-state index in [1.165, 1.54) is 18.4 Å². The Bertz CT molecular complexity index is 1150. The maximum absolute atomic E-state index is 12.2. The topological polar surface area (TPSA) is 93.5 Å². The molecule has 4 aromatic rings. The average molecular weight is 407 g/mol. The summed E-state index contributed by atoms with van der Waals surface area (Å²) in [5.41, 5.74) is 1.84. The Morgan fingerprint density at radius 3 is 2.83 bits per heavy atom. The summed E-state index contributed by atoms with van der Waals surface area (Å²) in [4.78, 5) is 28.7. The molecule has 0 atom stereocenters. The van der Waals surface area contributed by atoms with Crippen molar-refractivity contribution in [1.29, 1.82) is 0 Å². The van der Waals surface area contributed by atoms with E-state index in [2.05, 4.69) is 15.6 Å². The van der Waals surface area contributed by atoms with Crippen LogP contribution < -0.4 is 15.4 Å². The van der Waals surface area contributed by atoms with E-state index < -0.39 is 0 Å². The van der Waals surface area contributed by atoms with Crippen molar-refractivity contribution in [1.82, 2.24) is 10.3 Å². The second-order valence-electron chi connectivity index (χ2n) is 6.15. The van der Waals surface area contributed by atoms with Gasteiger partial charge in [-0.05, 0) is 30.3 Å². The molecule has 0 aliphatic rings. The second kappa shape index (κ2) is 8.15. The molecule has 0 aliphatic heterocycles. The van der Waals surface area contributed by atoms with Gasteiger partial charge >= 0.3 is 0 Å². The predicted octanol–water partition coefficient (Wildman–Crippen LogP) is 3.93. The molecule has 0 aliphatic carbocycles. The molecule has 2 N–H and O–H groups in total. The minimum atomic E-state index is -0.369. The molecule has 0 saturated carbocycles. The highest BCUT2D eigenvalue weighted by molar-refractivity contribution is 7.14. The maximum Gasteiger partial charge on any atom is 0.251 e. The number of rotatable bonds is 6. The van der Waals surface area contributed by atoms with Crippen LogP contribution in [0.3, 0.4) is 0 Å². The molecule has 0 radical (unpaired) electrons. The van der Waals surface area contributed by atoms with Crippen LogP contribution in [-0.2, 0) is 4.79 Å². The number of nitrogens with one attached hydrogen (secondary N) is 2. The molecule has 0 saturated heterocycles. The fourth-order valence-electron chi connectivity index (χ4n) is 2.74. The standard InChI is InChI=1S/C21H17N3O4S/c1-27-15-7-4-6-14(9-15)20(26)22-11-19(25)24-21-23-16(12-29-21)18-10-13-5-2-3-8-17(13)28-18/h2-10,12H,11H2,1H3,(H,22,26)(H,23,24,25). The molecule has 7 nitrogen and oxygen atoms in total. The van der Waals surface area contributed by atoms with Gasteiger partial charge in [0, 0.05) is 16.3 Å². The Morgan fingerprint density at radius 2 is 2.00 bits per heavy atom. The maximum atomic E-state index is 12.2. The summed E-state index contributed by atoms with van der Waals surface area (Å²) < 4.78 is 10.9. The van der Waals surface area contributed by atoms with Crippen LogP contribution in [-0.4, -0.2) is 30.5 Å². The summed E-state index contributed by atoms with van der Waals surface area (Å²) in [7, 11) is 1.53. The third-order valence-electron chi connectivity index (χ3n) is 4.17. The van der Waals surface area contributed by atoms with Gasteiger partial charge in [-0.2, -0.15) is 0 Å². The number of nitrogens with zero attached hydrogens (tertiary/aromatic N) is 1. The van der Waals surface area contributed by atoms with Crippen molar-refractivity contribution in [2.24, 2.45) is 0 Å². The number of hydrogen-bond donors (Lipinski definition) is 2. The zero-order valence-corrected chi connectivity index (χ0v) is 16.3. The van der Waals surface area contributed by atoms with Crippen molar-refractivity contribution in [3.05, 3.63) is 65.5 Å². The Kier molecular flexibility index (Phi) is 5.26. The SMILES string of the molecule is COc1cccc(C(=O)NCC(=O)Nc2nc(-c3cc4ccccc4o3)cs2)c1. The van der Waals surface area contributed by atoms with Crippen LogP contribution >= 0.6 is 11.3 Å². The van der Waals surface area contributed by atoms with Crippen LogP contribution in [0.4, 0.5) is 5.13 Å². The minimum absolute atomic E-state index is 0.171. The van der Waals surface area contributed by atoms with Crippen LogP contribution in [0, 0.1) is 0 Å². The van der Waals surface area contributed by atoms with E-state index in [4.69, 9.17) is 9.15 Å². The number of ether oxygens (including phenoxy) is 1. The molecule has 2 aromatic carbocycles. The van der Waals surface area contributed by atoms with Gasteiger partial charge in [-0.3, -0.25) is 9.59 Å². The smallest absolute Gasteiger partial charge is 0.251 e. The predicted molar refractivity (Wildman–Crippen MR) is 111 cm³/mol. The van der Waals surface area contributed by atoms with Crippen molar-refractivity contribution < 1.29 is 18.7 Å². The van der Waals surface area contributed by atoms with E-state index in [1.54, 1.807) is 24.3 Å². The summed E-state index contributed by atoms with van der Waals surface area (Å²) in [5, 5.41) is 8.49. The monoisotopic (exact) mass is 407 g/mol. The zero-order chi connectivity index (χ0) is 20.2. The van der Waals surface area contributed by atoms with Gasteiger partial charge in [0.25, 0.3) is 5.91 Å². The summed E-state index contributed by atoms with van der Waals surface area (Å²) >= 11 is 1.29. The number of carbonyl (C=O) groups excluding carboxylic acids is 2. The highest BCUT2D eigenvalue weighted by atomic mass is 32.1. The number of anilines is 1. The number of methoxy groups -OCH3 is 1. The van der Waals surface area contributed by atoms with Gasteiger partial charge in [0.15, 0.2) is 10.9 Å². The first-order chi connectivity index (χ1) is 14.1. The van der Waals surface area contributed by atoms with Crippen LogP contribution in [0.1, 0.15) is 10.4 Å². The molecule has 2 amide bonds. The molecular formula is C21H17N3O4S. The normalized spacial score (nSPS) is 10.7. The highest BCUT2D eigenvalue weighted by Gasteiger charge is 2.13. The van der Waals surface area contributed by atoms with E-state index in [9.17, 15) is 9.59 Å². The number of thiazole rings is 1. The van der Waals surface area contributed by atoms with Gasteiger partial charge in [0.1, 0.15) is 17.0 Å². The van der Waals surface area contributed by atoms with Crippen molar-refractivity contribution in [3.8, 4) is 17.2 Å². The largest absolute Gasteiger partial charge is 0.497 e. The molecule has 2 aromatic heterocycles. The van der Waals surface area contributed by atoms with Crippen LogP contribution in [0.2, 0.25) is 0 Å². The summed E-state index contributed by atoms with van der Waals surface area (Å²) in [6.45, 7) is -0.171. The minimum Gasteiger partial charge on any atom is -0.497 e. The zero-order valence-electron chi connectivity index (χ0n) is 15.5. The molecular weight excluding hydrogens is 390 g/mol. The van der Waals surface area contributed by atoms with Crippen molar-refractivity contribution in [3.63, 3.8) is 0 Å². The first kappa shape index (κ1) is 18.7. The molecule has 29 heavy (non-hydrogen) atoms. The molecule has 4 rings (SSSR count). The first-order valence-electron chi connectivity index (χ1n) is 8.79. The van der Waals surface area contributed by atoms with Crippen molar-refractivity contribution in [2.75, 3.05) is 19.0 Å². The first-order valence-corrected chi connectivity index (χ1v) is 9.67. The van der Waals surface area contributed by atoms with Crippen molar-refractivity contribution in [2.45, 2.75) is 0 Å². The van der Waals surface area contributed by atoms with Crippen molar-refractivity contribution >= 4 is 39.3 Å². The van der Waals surface area contributed by atoms with Gasteiger partial charge in [-0.15, -0.1) is 11.3 Å². The summed E-state index contributed by atoms with van der Waals surface area (Å²) in [5.74, 6) is 0.477. The fraction of sp³-hybridized carbons (Fsp3) is 0.0952. The lowest BCUT2D eigenvalue weighted by atomic mass is 10.2. The number of aromatic nitrogens is 1. The van der Waals surface area contributed by atoms with Gasteiger partial charge in [-0.1, -0.05) is 24.3 Å². The Morgan fingerprint density at radius 1 is 1.14 bits per heavy atom. The number of benzene rings is 2. The Labute approximate surface area is 170 Å². The fourth-order valence-corrected chi connectivity index (χ4v) is 3.46. The lowest BCUT2D eigenvalue weighted by Gasteiger charge is -2.06. The molecule has 0 unspecified atom stereocenters. The van der Waals surface area contributed by atoms with E-state index in [0.717, 1.165) is 11.0 Å². The lowest BCUT2D eigenvalue weighted by molar-refractivity contribution is -0.115. The number of furan rings is 1. The average Bonchev–Trinajstić information content (AvgIpc) is 3.38. The van der Waals surface area contributed by atoms with Crippen LogP contribution in [0.5, 0.6) is 5.75 Å². The number of amides is 2. The number of para-hydroxylation sites is 1. The van der Waals surface area contributed by atoms with Gasteiger partial charge in [0.05, 0.1) is 13.7 Å². The Hall–Kier alpha value is -3.65. The molecule has 0 spiro atoms. The van der Waals surface area contributed by atoms with Crippen LogP contribution in [0.15, 0.2) is 64.4 Å². The van der Waals surface area contributed by atoms with Crippen LogP contribution in [0.25, 0.3) is 22.4 Å². The molecule has 2 heterocycles. The van der Waals surface area contributed by atoms with E-state index in [1.807, 2.05) is 35.7 Å². The third-order valence-corrected chi connectivity index (χ3v) is 4.93.